The monoisotopic (exact) mass is 270 g/mol. The van der Waals surface area contributed by atoms with Crippen LogP contribution < -0.4 is 14.8 Å². The fourth-order valence-corrected chi connectivity index (χ4v) is 1.99. The van der Waals surface area contributed by atoms with Gasteiger partial charge in [-0.3, -0.25) is 0 Å². The second kappa shape index (κ2) is 4.34. The number of rotatable bonds is 2. The highest BCUT2D eigenvalue weighted by Crippen LogP contribution is 2.33. The molecule has 20 heavy (non-hydrogen) atoms. The maximum Gasteiger partial charge on any atom is 0.200 e. The zero-order valence-corrected chi connectivity index (χ0v) is 10.4. The van der Waals surface area contributed by atoms with Crippen LogP contribution in [0.3, 0.4) is 0 Å². The van der Waals surface area contributed by atoms with Crippen LogP contribution in [0, 0.1) is 0 Å². The number of ether oxygens (including phenoxy) is 2. The molecule has 0 saturated heterocycles. The van der Waals surface area contributed by atoms with E-state index in [1.807, 2.05) is 24.3 Å². The number of aromatic nitrogens is 5. The first-order chi connectivity index (χ1) is 9.88. The van der Waals surface area contributed by atoms with Gasteiger partial charge in [-0.25, -0.2) is 0 Å². The Morgan fingerprint density at radius 3 is 2.90 bits per heavy atom. The van der Waals surface area contributed by atoms with Gasteiger partial charge >= 0.3 is 0 Å². The van der Waals surface area contributed by atoms with E-state index < -0.39 is 0 Å². The lowest BCUT2D eigenvalue weighted by Gasteiger charge is -2.19. The van der Waals surface area contributed by atoms with E-state index in [1.165, 1.54) is 4.63 Å². The standard InChI is InChI=1S/C12H10N6O2/c1-2-9-10(20-6-5-19-9)7-8(1)13-11-3-4-12-14-16-17-18(12)15-11/h1-4,7H,5-6H2,(H,13,15). The molecule has 0 radical (unpaired) electrons. The molecular weight excluding hydrogens is 260 g/mol. The number of nitrogens with zero attached hydrogens (tertiary/aromatic N) is 5. The van der Waals surface area contributed by atoms with Crippen molar-refractivity contribution in [3.63, 3.8) is 0 Å². The highest BCUT2D eigenvalue weighted by Gasteiger charge is 2.12. The summed E-state index contributed by atoms with van der Waals surface area (Å²) in [5, 5.41) is 18.5. The SMILES string of the molecule is c1cc2c(cc1Nc1ccc3nnnn3n1)OCCO2. The summed E-state index contributed by atoms with van der Waals surface area (Å²) in [5.74, 6) is 2.12. The summed E-state index contributed by atoms with van der Waals surface area (Å²) in [6.45, 7) is 1.14. The number of nitrogens with one attached hydrogen (secondary N) is 1. The average Bonchev–Trinajstić information content (AvgIpc) is 2.95. The third-order valence-corrected chi connectivity index (χ3v) is 2.88. The lowest BCUT2D eigenvalue weighted by Crippen LogP contribution is -2.15. The van der Waals surface area contributed by atoms with Crippen molar-refractivity contribution in [3.05, 3.63) is 30.3 Å². The molecule has 0 fully saturated rings. The molecular formula is C12H10N6O2. The van der Waals surface area contributed by atoms with Crippen LogP contribution >= 0.6 is 0 Å². The Bertz CT molecular complexity index is 771. The molecule has 2 aromatic heterocycles. The number of benzene rings is 1. The van der Waals surface area contributed by atoms with Gasteiger partial charge in [-0.05, 0) is 34.7 Å². The quantitative estimate of drug-likeness (QED) is 0.744. The summed E-state index contributed by atoms with van der Waals surface area (Å²) in [5.41, 5.74) is 1.45. The molecule has 1 aromatic carbocycles. The van der Waals surface area contributed by atoms with E-state index in [4.69, 9.17) is 9.47 Å². The van der Waals surface area contributed by atoms with Crippen LogP contribution in [0.2, 0.25) is 0 Å². The number of hydrogen-bond acceptors (Lipinski definition) is 7. The van der Waals surface area contributed by atoms with Crippen LogP contribution in [0.25, 0.3) is 5.65 Å². The lowest BCUT2D eigenvalue weighted by molar-refractivity contribution is 0.171. The van der Waals surface area contributed by atoms with Crippen molar-refractivity contribution in [1.82, 2.24) is 25.3 Å². The normalized spacial score (nSPS) is 13.4. The topological polar surface area (TPSA) is 86.5 Å². The fourth-order valence-electron chi connectivity index (χ4n) is 1.99. The van der Waals surface area contributed by atoms with Crippen molar-refractivity contribution in [2.75, 3.05) is 18.5 Å². The summed E-state index contributed by atoms with van der Waals surface area (Å²) in [7, 11) is 0. The van der Waals surface area contributed by atoms with E-state index in [0.29, 0.717) is 24.7 Å². The minimum absolute atomic E-state index is 0.561. The minimum Gasteiger partial charge on any atom is -0.486 e. The van der Waals surface area contributed by atoms with Crippen LogP contribution in [0.15, 0.2) is 30.3 Å². The molecule has 0 amide bonds. The number of tetrazole rings is 1. The second-order valence-corrected chi connectivity index (χ2v) is 4.23. The summed E-state index contributed by atoms with van der Waals surface area (Å²) >= 11 is 0. The van der Waals surface area contributed by atoms with Gasteiger partial charge in [0.15, 0.2) is 23.0 Å². The zero-order valence-electron chi connectivity index (χ0n) is 10.4. The first-order valence-corrected chi connectivity index (χ1v) is 6.11. The van der Waals surface area contributed by atoms with Crippen LogP contribution in [0.1, 0.15) is 0 Å². The van der Waals surface area contributed by atoms with Gasteiger partial charge in [0.25, 0.3) is 0 Å². The number of fused-ring (bicyclic) bond motifs is 2. The molecule has 8 heteroatoms. The minimum atomic E-state index is 0.561. The van der Waals surface area contributed by atoms with Gasteiger partial charge in [0.05, 0.1) is 0 Å². The third-order valence-electron chi connectivity index (χ3n) is 2.88. The molecule has 0 saturated carbocycles. The predicted molar refractivity (Wildman–Crippen MR) is 69.3 cm³/mol. The number of anilines is 2. The zero-order chi connectivity index (χ0) is 13.4. The van der Waals surface area contributed by atoms with Crippen molar-refractivity contribution < 1.29 is 9.47 Å². The number of hydrogen-bond donors (Lipinski definition) is 1. The third kappa shape index (κ3) is 1.87. The molecule has 3 aromatic rings. The molecule has 3 heterocycles. The average molecular weight is 270 g/mol. The Hall–Kier alpha value is -2.90. The lowest BCUT2D eigenvalue weighted by atomic mass is 10.2. The van der Waals surface area contributed by atoms with Crippen LogP contribution in [-0.4, -0.2) is 38.5 Å². The van der Waals surface area contributed by atoms with Crippen molar-refractivity contribution >= 4 is 17.2 Å². The van der Waals surface area contributed by atoms with E-state index >= 15 is 0 Å². The van der Waals surface area contributed by atoms with Gasteiger partial charge in [-0.1, -0.05) is 0 Å². The molecule has 1 aliphatic rings. The van der Waals surface area contributed by atoms with Crippen LogP contribution in [0.5, 0.6) is 11.5 Å². The molecule has 4 rings (SSSR count). The Kier molecular flexibility index (Phi) is 2.38. The van der Waals surface area contributed by atoms with E-state index in [0.717, 1.165) is 17.2 Å². The van der Waals surface area contributed by atoms with E-state index in [1.54, 1.807) is 6.07 Å². The highest BCUT2D eigenvalue weighted by molar-refractivity contribution is 5.62. The Balaban J connectivity index is 1.64. The van der Waals surface area contributed by atoms with Gasteiger partial charge in [0.1, 0.15) is 13.2 Å². The summed E-state index contributed by atoms with van der Waals surface area (Å²) in [6, 6.07) is 9.24. The summed E-state index contributed by atoms with van der Waals surface area (Å²) < 4.78 is 12.4. The van der Waals surface area contributed by atoms with Crippen molar-refractivity contribution in [2.45, 2.75) is 0 Å². The predicted octanol–water partition coefficient (Wildman–Crippen LogP) is 1.03. The second-order valence-electron chi connectivity index (χ2n) is 4.23. The van der Waals surface area contributed by atoms with E-state index in [2.05, 4.69) is 25.9 Å². The van der Waals surface area contributed by atoms with Crippen molar-refractivity contribution in [1.29, 1.82) is 0 Å². The molecule has 0 bridgehead atoms. The molecule has 0 spiro atoms. The highest BCUT2D eigenvalue weighted by atomic mass is 16.6. The van der Waals surface area contributed by atoms with Gasteiger partial charge < -0.3 is 14.8 Å². The van der Waals surface area contributed by atoms with Crippen molar-refractivity contribution in [2.24, 2.45) is 0 Å². The largest absolute Gasteiger partial charge is 0.486 e. The maximum absolute atomic E-state index is 5.54. The van der Waals surface area contributed by atoms with Crippen molar-refractivity contribution in [3.8, 4) is 11.5 Å². The molecule has 0 atom stereocenters. The first-order valence-electron chi connectivity index (χ1n) is 6.11. The Morgan fingerprint density at radius 2 is 1.95 bits per heavy atom. The fraction of sp³-hybridized carbons (Fsp3) is 0.167. The van der Waals surface area contributed by atoms with E-state index in [9.17, 15) is 0 Å². The molecule has 1 aliphatic heterocycles. The molecule has 0 unspecified atom stereocenters. The molecule has 1 N–H and O–H groups in total. The smallest absolute Gasteiger partial charge is 0.200 e. The Morgan fingerprint density at radius 1 is 1.05 bits per heavy atom. The van der Waals surface area contributed by atoms with Gasteiger partial charge in [-0.2, -0.15) is 0 Å². The summed E-state index contributed by atoms with van der Waals surface area (Å²) in [4.78, 5) is 0. The van der Waals surface area contributed by atoms with Gasteiger partial charge in [0.2, 0.25) is 0 Å². The summed E-state index contributed by atoms with van der Waals surface area (Å²) in [6.07, 6.45) is 0. The first kappa shape index (κ1) is 11.0. The maximum atomic E-state index is 5.54. The molecule has 8 nitrogen and oxygen atoms in total. The molecule has 100 valence electrons. The Labute approximate surface area is 113 Å². The van der Waals surface area contributed by atoms with Gasteiger partial charge in [0, 0.05) is 11.8 Å². The van der Waals surface area contributed by atoms with E-state index in [-0.39, 0.29) is 0 Å². The van der Waals surface area contributed by atoms with Gasteiger partial charge in [-0.15, -0.1) is 14.8 Å². The van der Waals surface area contributed by atoms with Crippen LogP contribution in [-0.2, 0) is 0 Å². The molecule has 0 aliphatic carbocycles. The van der Waals surface area contributed by atoms with Crippen LogP contribution in [0.4, 0.5) is 11.5 Å².